The molecule has 0 aliphatic carbocycles. The average molecular weight is 431 g/mol. The van der Waals surface area contributed by atoms with E-state index >= 15 is 0 Å². The zero-order chi connectivity index (χ0) is 21.0. The molecule has 3 N–H and O–H groups in total. The molecular formula is C20H22N4O3S2. The van der Waals surface area contributed by atoms with Gasteiger partial charge in [0.15, 0.2) is 5.17 Å². The molecule has 7 nitrogen and oxygen atoms in total. The second-order valence-corrected chi connectivity index (χ2v) is 10.1. The number of aliphatic imine (C=N–C) groups is 1. The number of hydrogen-bond donors (Lipinski definition) is 3. The van der Waals surface area contributed by atoms with Crippen molar-refractivity contribution in [2.45, 2.75) is 30.1 Å². The van der Waals surface area contributed by atoms with E-state index in [1.807, 2.05) is 23.6 Å². The smallest absolute Gasteiger partial charge is 0.235 e. The van der Waals surface area contributed by atoms with Crippen molar-refractivity contribution in [1.82, 2.24) is 10.3 Å². The Labute approximate surface area is 175 Å². The summed E-state index contributed by atoms with van der Waals surface area (Å²) in [4.78, 5) is 21.4. The molecule has 0 radical (unpaired) electrons. The molecule has 29 heavy (non-hydrogen) atoms. The Morgan fingerprint density at radius 2 is 2.28 bits per heavy atom. The minimum Gasteiger partial charge on any atom is -0.394 e. The minimum atomic E-state index is -0.947. The first-order valence-corrected chi connectivity index (χ1v) is 11.4. The third kappa shape index (κ3) is 5.22. The van der Waals surface area contributed by atoms with Crippen LogP contribution in [0.5, 0.6) is 0 Å². The van der Waals surface area contributed by atoms with Crippen LogP contribution in [0.4, 0.5) is 0 Å². The Bertz CT molecular complexity index is 1040. The molecule has 2 atom stereocenters. The highest BCUT2D eigenvalue weighted by atomic mass is 32.2. The van der Waals surface area contributed by atoms with Gasteiger partial charge in [-0.15, -0.1) is 22.2 Å². The number of nitrogens with one attached hydrogen (secondary N) is 1. The molecule has 1 aliphatic heterocycles. The van der Waals surface area contributed by atoms with Crippen LogP contribution in [0.25, 0.3) is 10.9 Å². The van der Waals surface area contributed by atoms with E-state index in [-0.39, 0.29) is 19.1 Å². The van der Waals surface area contributed by atoms with Gasteiger partial charge in [-0.05, 0) is 23.1 Å². The number of fused-ring (bicyclic) bond motifs is 1. The topological polar surface area (TPSA) is 119 Å². The molecule has 1 aliphatic rings. The van der Waals surface area contributed by atoms with Crippen LogP contribution in [0, 0.1) is 11.3 Å². The summed E-state index contributed by atoms with van der Waals surface area (Å²) in [5.74, 6) is 0.183. The molecule has 1 saturated heterocycles. The Morgan fingerprint density at radius 3 is 2.97 bits per heavy atom. The first kappa shape index (κ1) is 21.5. The summed E-state index contributed by atoms with van der Waals surface area (Å²) >= 11 is 1.63. The van der Waals surface area contributed by atoms with Gasteiger partial charge in [0.25, 0.3) is 0 Å². The lowest BCUT2D eigenvalue weighted by Gasteiger charge is -2.11. The number of amides is 1. The van der Waals surface area contributed by atoms with Crippen LogP contribution in [0.15, 0.2) is 34.3 Å². The highest BCUT2D eigenvalue weighted by Gasteiger charge is 2.21. The summed E-state index contributed by atoms with van der Waals surface area (Å²) in [5.41, 5.74) is 2.28. The standard InChI is InChI=1S/C20H22N4O3S2/c1-12(2)28-19-14(6-21)7-22-17-4-3-13(5-16(17)19)10-29-11-18(27)24-20(29)23-8-15(26)9-25/h3-5,7,10,12,15,25-26H,8-9,11H2,1-2H3,(H,23,24,27). The van der Waals surface area contributed by atoms with E-state index in [0.717, 1.165) is 21.4 Å². The van der Waals surface area contributed by atoms with Gasteiger partial charge in [-0.2, -0.15) is 5.26 Å². The summed E-state index contributed by atoms with van der Waals surface area (Å²) < 4.78 is 0. The van der Waals surface area contributed by atoms with Crippen molar-refractivity contribution < 1.29 is 15.0 Å². The second-order valence-electron chi connectivity index (χ2n) is 6.78. The maximum atomic E-state index is 11.9. The quantitative estimate of drug-likeness (QED) is 0.476. The lowest BCUT2D eigenvalue weighted by Crippen LogP contribution is -2.23. The monoisotopic (exact) mass is 430 g/mol. The molecule has 0 spiro atoms. The van der Waals surface area contributed by atoms with E-state index in [1.54, 1.807) is 18.0 Å². The molecule has 2 unspecified atom stereocenters. The van der Waals surface area contributed by atoms with Crippen molar-refractivity contribution in [3.8, 4) is 6.07 Å². The third-order valence-corrected chi connectivity index (χ3v) is 7.04. The van der Waals surface area contributed by atoms with E-state index in [0.29, 0.717) is 21.7 Å². The first-order chi connectivity index (χ1) is 13.9. The van der Waals surface area contributed by atoms with Gasteiger partial charge in [0.2, 0.25) is 5.91 Å². The predicted molar refractivity (Wildman–Crippen MR) is 119 cm³/mol. The van der Waals surface area contributed by atoms with Crippen molar-refractivity contribution in [1.29, 1.82) is 5.26 Å². The number of carbonyl (C=O) groups excluding carboxylic acids is 1. The number of benzene rings is 1. The van der Waals surface area contributed by atoms with Gasteiger partial charge in [-0.3, -0.25) is 14.8 Å². The Morgan fingerprint density at radius 1 is 1.48 bits per heavy atom. The summed E-state index contributed by atoms with van der Waals surface area (Å²) in [6.45, 7) is 3.81. The number of aliphatic hydroxyl groups excluding tert-OH is 2. The number of thioether (sulfide) groups is 1. The average Bonchev–Trinajstić information content (AvgIpc) is 3.05. The maximum absolute atomic E-state index is 11.9. The van der Waals surface area contributed by atoms with Crippen molar-refractivity contribution in [2.24, 2.45) is 4.99 Å². The number of amidine groups is 1. The number of aromatic nitrogens is 1. The van der Waals surface area contributed by atoms with Gasteiger partial charge in [0.05, 0.1) is 36.1 Å². The molecule has 3 rings (SSSR count). The number of pyridine rings is 1. The fraction of sp³-hybridized carbons (Fsp3) is 0.350. The minimum absolute atomic E-state index is 0.0335. The predicted octanol–water partition coefficient (Wildman–Crippen LogP) is 1.87. The number of rotatable bonds is 6. The summed E-state index contributed by atoms with van der Waals surface area (Å²) in [5, 5.41) is 34.4. The van der Waals surface area contributed by atoms with Crippen LogP contribution in [-0.4, -0.2) is 61.9 Å². The van der Waals surface area contributed by atoms with Crippen molar-refractivity contribution in [3.05, 3.63) is 35.5 Å². The Hall–Kier alpha value is -2.25. The van der Waals surface area contributed by atoms with Gasteiger partial charge < -0.3 is 15.5 Å². The largest absolute Gasteiger partial charge is 0.394 e. The number of aliphatic hydroxyl groups is 2. The van der Waals surface area contributed by atoms with Crippen LogP contribution in [-0.2, 0) is 4.79 Å². The lowest BCUT2D eigenvalue weighted by molar-refractivity contribution is -0.116. The molecule has 2 aromatic rings. The molecule has 9 heteroatoms. The van der Waals surface area contributed by atoms with E-state index in [4.69, 9.17) is 5.11 Å². The number of nitrogens with zero attached hydrogens (tertiary/aromatic N) is 3. The highest BCUT2D eigenvalue weighted by molar-refractivity contribution is 8.29. The molecular weight excluding hydrogens is 408 g/mol. The SMILES string of the molecule is CC(C)Sc1c(C#N)cnc2ccc(C=S3CC(=O)NC3=NCC(O)CO)cc12. The maximum Gasteiger partial charge on any atom is 0.235 e. The van der Waals surface area contributed by atoms with Crippen LogP contribution >= 0.6 is 22.2 Å². The van der Waals surface area contributed by atoms with Crippen molar-refractivity contribution >= 4 is 49.6 Å². The molecule has 1 amide bonds. The number of carbonyl (C=O) groups is 1. The van der Waals surface area contributed by atoms with Gasteiger partial charge in [-0.1, -0.05) is 19.9 Å². The Kier molecular flexibility index (Phi) is 7.03. The van der Waals surface area contributed by atoms with Gasteiger partial charge in [0, 0.05) is 21.7 Å². The zero-order valence-corrected chi connectivity index (χ0v) is 17.8. The molecule has 1 fully saturated rings. The summed E-state index contributed by atoms with van der Waals surface area (Å²) in [6.07, 6.45) is 0.659. The van der Waals surface area contributed by atoms with E-state index in [1.165, 1.54) is 0 Å². The number of nitriles is 1. The van der Waals surface area contributed by atoms with Crippen molar-refractivity contribution in [2.75, 3.05) is 18.9 Å². The highest BCUT2D eigenvalue weighted by Crippen LogP contribution is 2.33. The molecule has 2 heterocycles. The van der Waals surface area contributed by atoms with Gasteiger partial charge in [0.1, 0.15) is 6.07 Å². The third-order valence-electron chi connectivity index (χ3n) is 4.03. The molecule has 0 bridgehead atoms. The van der Waals surface area contributed by atoms with Crippen molar-refractivity contribution in [3.63, 3.8) is 0 Å². The van der Waals surface area contributed by atoms with E-state index in [2.05, 4.69) is 35.2 Å². The van der Waals surface area contributed by atoms with Gasteiger partial charge >= 0.3 is 0 Å². The van der Waals surface area contributed by atoms with E-state index in [9.17, 15) is 15.2 Å². The zero-order valence-electron chi connectivity index (χ0n) is 16.1. The fourth-order valence-electron chi connectivity index (χ4n) is 2.76. The second kappa shape index (κ2) is 9.50. The van der Waals surface area contributed by atoms with E-state index < -0.39 is 16.6 Å². The fourth-order valence-corrected chi connectivity index (χ4v) is 5.40. The molecule has 1 aromatic heterocycles. The van der Waals surface area contributed by atoms with Crippen LogP contribution in [0.2, 0.25) is 0 Å². The normalized spacial score (nSPS) is 19.1. The molecule has 0 saturated carbocycles. The Balaban J connectivity index is 2.03. The van der Waals surface area contributed by atoms with Crippen LogP contribution in [0.3, 0.4) is 0 Å². The van der Waals surface area contributed by atoms with Crippen LogP contribution < -0.4 is 5.32 Å². The summed E-state index contributed by atoms with van der Waals surface area (Å²) in [6, 6.07) is 8.05. The molecule has 1 aromatic carbocycles. The first-order valence-electron chi connectivity index (χ1n) is 9.08. The van der Waals surface area contributed by atoms with Gasteiger partial charge in [-0.25, -0.2) is 0 Å². The van der Waals surface area contributed by atoms with Crippen LogP contribution in [0.1, 0.15) is 25.0 Å². The lowest BCUT2D eigenvalue weighted by atomic mass is 10.1. The summed E-state index contributed by atoms with van der Waals surface area (Å²) in [7, 11) is -0.553. The number of hydrogen-bond acceptors (Lipinski definition) is 7. The molecule has 152 valence electrons.